The van der Waals surface area contributed by atoms with Gasteiger partial charge < -0.3 is 0 Å². The first-order valence-corrected chi connectivity index (χ1v) is 6.30. The Kier molecular flexibility index (Phi) is 4.08. The number of rotatable bonds is 1. The summed E-state index contributed by atoms with van der Waals surface area (Å²) in [6.45, 7) is 3.94. The van der Waals surface area contributed by atoms with Crippen molar-refractivity contribution in [1.29, 1.82) is 0 Å². The van der Waals surface area contributed by atoms with Crippen molar-refractivity contribution in [3.8, 4) is 0 Å². The second-order valence-electron chi connectivity index (χ2n) is 4.81. The van der Waals surface area contributed by atoms with E-state index in [1.807, 2.05) is 25.1 Å². The lowest BCUT2D eigenvalue weighted by atomic mass is 10.2. The minimum atomic E-state index is -0.132. The third-order valence-electron chi connectivity index (χ3n) is 2.91. The lowest BCUT2D eigenvalue weighted by Gasteiger charge is -1.99. The average molecular weight is 243 g/mol. The molecule has 18 heavy (non-hydrogen) atoms. The Hall–Kier alpha value is -1.70. The number of aryl methyl sites for hydroxylation is 2. The molecule has 2 heteroatoms. The highest BCUT2D eigenvalue weighted by Crippen LogP contribution is 2.39. The van der Waals surface area contributed by atoms with Gasteiger partial charge in [0, 0.05) is 12.1 Å². The Morgan fingerprint density at radius 2 is 1.72 bits per heavy atom. The molecule has 1 aromatic carbocycles. The van der Waals surface area contributed by atoms with E-state index >= 15 is 0 Å². The Labute approximate surface area is 108 Å². The van der Waals surface area contributed by atoms with Crippen LogP contribution in [0.25, 0.3) is 0 Å². The molecular formula is C16H18FN. The van der Waals surface area contributed by atoms with Gasteiger partial charge in [0.25, 0.3) is 0 Å². The molecule has 1 aromatic heterocycles. The summed E-state index contributed by atoms with van der Waals surface area (Å²) in [7, 11) is 0. The molecule has 1 saturated carbocycles. The van der Waals surface area contributed by atoms with Crippen molar-refractivity contribution in [1.82, 2.24) is 4.98 Å². The van der Waals surface area contributed by atoms with Gasteiger partial charge in [0.1, 0.15) is 5.82 Å². The first-order valence-electron chi connectivity index (χ1n) is 6.30. The van der Waals surface area contributed by atoms with Gasteiger partial charge in [-0.1, -0.05) is 35.9 Å². The summed E-state index contributed by atoms with van der Waals surface area (Å²) in [4.78, 5) is 4.06. The highest BCUT2D eigenvalue weighted by atomic mass is 19.1. The maximum atomic E-state index is 13.1. The Morgan fingerprint density at radius 3 is 2.17 bits per heavy atom. The summed E-state index contributed by atoms with van der Waals surface area (Å²) in [6, 6.07) is 11.8. The van der Waals surface area contributed by atoms with Gasteiger partial charge >= 0.3 is 0 Å². The van der Waals surface area contributed by atoms with Gasteiger partial charge in [-0.25, -0.2) is 4.39 Å². The minimum Gasteiger partial charge on any atom is -0.258 e. The van der Waals surface area contributed by atoms with E-state index in [2.05, 4.69) is 24.0 Å². The first kappa shape index (κ1) is 12.7. The second kappa shape index (κ2) is 5.76. The number of pyridine rings is 1. The maximum absolute atomic E-state index is 13.1. The molecule has 1 heterocycles. The van der Waals surface area contributed by atoms with Crippen LogP contribution in [0, 0.1) is 19.7 Å². The molecule has 2 aromatic rings. The first-order chi connectivity index (χ1) is 8.66. The van der Waals surface area contributed by atoms with Crippen molar-refractivity contribution in [3.05, 3.63) is 65.2 Å². The third kappa shape index (κ3) is 3.66. The Bertz CT molecular complexity index is 504. The highest BCUT2D eigenvalue weighted by Gasteiger charge is 2.27. The third-order valence-corrected chi connectivity index (χ3v) is 2.91. The molecule has 0 amide bonds. The van der Waals surface area contributed by atoms with Gasteiger partial charge in [0.2, 0.25) is 0 Å². The summed E-state index contributed by atoms with van der Waals surface area (Å²) in [5.41, 5.74) is 2.88. The number of hydrogen-bond donors (Lipinski definition) is 0. The summed E-state index contributed by atoms with van der Waals surface area (Å²) >= 11 is 0. The molecule has 1 aliphatic carbocycles. The zero-order chi connectivity index (χ0) is 13.0. The summed E-state index contributed by atoms with van der Waals surface area (Å²) in [5, 5.41) is 0. The highest BCUT2D eigenvalue weighted by molar-refractivity contribution is 5.21. The average Bonchev–Trinajstić information content (AvgIpc) is 3.15. The summed E-state index contributed by atoms with van der Waals surface area (Å²) < 4.78 is 13.1. The molecular weight excluding hydrogens is 225 g/mol. The van der Waals surface area contributed by atoms with Crippen molar-refractivity contribution >= 4 is 0 Å². The monoisotopic (exact) mass is 243 g/mol. The van der Waals surface area contributed by atoms with Crippen LogP contribution in [-0.4, -0.2) is 4.98 Å². The van der Waals surface area contributed by atoms with Crippen LogP contribution in [0.4, 0.5) is 4.39 Å². The van der Waals surface area contributed by atoms with Gasteiger partial charge in [0.05, 0.1) is 5.69 Å². The van der Waals surface area contributed by atoms with E-state index in [0.29, 0.717) is 11.6 Å². The number of aromatic nitrogens is 1. The molecule has 0 unspecified atom stereocenters. The van der Waals surface area contributed by atoms with Crippen molar-refractivity contribution in [3.63, 3.8) is 0 Å². The fourth-order valence-electron chi connectivity index (χ4n) is 1.74. The van der Waals surface area contributed by atoms with Crippen LogP contribution in [0.1, 0.15) is 35.6 Å². The quantitative estimate of drug-likeness (QED) is 0.723. The molecule has 1 fully saturated rings. The van der Waals surface area contributed by atoms with Crippen LogP contribution < -0.4 is 0 Å². The lowest BCUT2D eigenvalue weighted by Crippen LogP contribution is -1.92. The van der Waals surface area contributed by atoms with Crippen LogP contribution >= 0.6 is 0 Å². The van der Waals surface area contributed by atoms with E-state index in [1.165, 1.54) is 5.56 Å². The van der Waals surface area contributed by atoms with Gasteiger partial charge in [-0.2, -0.15) is 0 Å². The van der Waals surface area contributed by atoms with Gasteiger partial charge in [-0.05, 0) is 38.3 Å². The molecule has 1 nitrogen and oxygen atoms in total. The number of benzene rings is 1. The topological polar surface area (TPSA) is 12.9 Å². The largest absolute Gasteiger partial charge is 0.258 e. The molecule has 0 aliphatic heterocycles. The van der Waals surface area contributed by atoms with E-state index in [1.54, 1.807) is 12.3 Å². The molecule has 0 bridgehead atoms. The molecule has 94 valence electrons. The SMILES string of the molecule is Cc1ccccc1.Cc1cnc(C2CC2)c(F)c1. The van der Waals surface area contributed by atoms with Crippen LogP contribution in [0.5, 0.6) is 0 Å². The van der Waals surface area contributed by atoms with Crippen LogP contribution in [0.2, 0.25) is 0 Å². The molecule has 3 rings (SSSR count). The van der Waals surface area contributed by atoms with Crippen LogP contribution in [0.3, 0.4) is 0 Å². The predicted molar refractivity (Wildman–Crippen MR) is 72.1 cm³/mol. The molecule has 0 N–H and O–H groups in total. The molecule has 0 atom stereocenters. The van der Waals surface area contributed by atoms with Gasteiger partial charge in [-0.3, -0.25) is 4.98 Å². The van der Waals surface area contributed by atoms with Crippen molar-refractivity contribution in [2.75, 3.05) is 0 Å². The fraction of sp³-hybridized carbons (Fsp3) is 0.312. The molecule has 0 radical (unpaired) electrons. The zero-order valence-electron chi connectivity index (χ0n) is 10.9. The van der Waals surface area contributed by atoms with Crippen molar-refractivity contribution in [2.24, 2.45) is 0 Å². The maximum Gasteiger partial charge on any atom is 0.145 e. The number of nitrogens with zero attached hydrogens (tertiary/aromatic N) is 1. The van der Waals surface area contributed by atoms with E-state index < -0.39 is 0 Å². The molecule has 0 spiro atoms. The Morgan fingerprint density at radius 1 is 1.06 bits per heavy atom. The zero-order valence-corrected chi connectivity index (χ0v) is 10.9. The molecule has 1 aliphatic rings. The van der Waals surface area contributed by atoms with E-state index in [-0.39, 0.29) is 5.82 Å². The van der Waals surface area contributed by atoms with Crippen molar-refractivity contribution in [2.45, 2.75) is 32.6 Å². The van der Waals surface area contributed by atoms with Crippen molar-refractivity contribution < 1.29 is 4.39 Å². The standard InChI is InChI=1S/C9H10FN.C7H8/c1-6-4-8(10)9(11-5-6)7-2-3-7;1-7-5-3-2-4-6-7/h4-5,7H,2-3H2,1H3;2-6H,1H3. The van der Waals surface area contributed by atoms with E-state index in [4.69, 9.17) is 0 Å². The Balaban J connectivity index is 0.000000149. The van der Waals surface area contributed by atoms with Crippen LogP contribution in [0.15, 0.2) is 42.6 Å². The van der Waals surface area contributed by atoms with E-state index in [9.17, 15) is 4.39 Å². The lowest BCUT2D eigenvalue weighted by molar-refractivity contribution is 0.598. The smallest absolute Gasteiger partial charge is 0.145 e. The molecule has 0 saturated heterocycles. The van der Waals surface area contributed by atoms with Crippen LogP contribution in [-0.2, 0) is 0 Å². The second-order valence-corrected chi connectivity index (χ2v) is 4.81. The normalized spacial score (nSPS) is 13.7. The summed E-state index contributed by atoms with van der Waals surface area (Å²) in [6.07, 6.45) is 3.94. The fourth-order valence-corrected chi connectivity index (χ4v) is 1.74. The van der Waals surface area contributed by atoms with Gasteiger partial charge in [-0.15, -0.1) is 0 Å². The predicted octanol–water partition coefficient (Wildman–Crippen LogP) is 4.40. The number of hydrogen-bond acceptors (Lipinski definition) is 1. The van der Waals surface area contributed by atoms with Gasteiger partial charge in [0.15, 0.2) is 0 Å². The summed E-state index contributed by atoms with van der Waals surface area (Å²) in [5.74, 6) is 0.281. The minimum absolute atomic E-state index is 0.132. The van der Waals surface area contributed by atoms with E-state index in [0.717, 1.165) is 18.4 Å². The number of halogens is 1.